The number of likely N-dealkylation sites (tertiary alicyclic amines) is 1. The molecule has 5 heteroatoms. The molecule has 158 valence electrons. The predicted molar refractivity (Wildman–Crippen MR) is 118 cm³/mol. The highest BCUT2D eigenvalue weighted by molar-refractivity contribution is 5.63. The van der Waals surface area contributed by atoms with Gasteiger partial charge in [0, 0.05) is 12.6 Å². The Kier molecular flexibility index (Phi) is 6.38. The molecule has 0 aliphatic carbocycles. The average Bonchev–Trinajstić information content (AvgIpc) is 3.15. The van der Waals surface area contributed by atoms with Crippen LogP contribution in [0.15, 0.2) is 52.9 Å². The highest BCUT2D eigenvalue weighted by Gasteiger charge is 2.26. The second kappa shape index (κ2) is 9.35. The number of rotatable bonds is 7. The summed E-state index contributed by atoms with van der Waals surface area (Å²) in [5, 5.41) is 0. The number of piperidine rings is 1. The van der Waals surface area contributed by atoms with Gasteiger partial charge in [0.25, 0.3) is 0 Å². The van der Waals surface area contributed by atoms with Crippen LogP contribution in [-0.4, -0.2) is 30.1 Å². The zero-order chi connectivity index (χ0) is 20.9. The topological polar surface area (TPSA) is 47.7 Å². The number of para-hydroxylation sites is 1. The monoisotopic (exact) mass is 406 g/mol. The smallest absolute Gasteiger partial charge is 0.230 e. The first-order valence-electron chi connectivity index (χ1n) is 10.8. The molecule has 0 saturated carbocycles. The number of aromatic nitrogens is 1. The van der Waals surface area contributed by atoms with Crippen molar-refractivity contribution in [3.05, 3.63) is 65.5 Å². The van der Waals surface area contributed by atoms with Gasteiger partial charge in [-0.25, -0.2) is 4.98 Å². The van der Waals surface area contributed by atoms with E-state index >= 15 is 0 Å². The van der Waals surface area contributed by atoms with E-state index in [1.807, 2.05) is 44.2 Å². The number of nitrogens with zero attached hydrogens (tertiary/aromatic N) is 2. The summed E-state index contributed by atoms with van der Waals surface area (Å²) in [6.45, 7) is 6.42. The van der Waals surface area contributed by atoms with Crippen LogP contribution < -0.4 is 9.47 Å². The minimum atomic E-state index is 0.365. The first-order chi connectivity index (χ1) is 14.7. The van der Waals surface area contributed by atoms with E-state index < -0.39 is 0 Å². The van der Waals surface area contributed by atoms with Gasteiger partial charge in [0.05, 0.1) is 25.0 Å². The van der Waals surface area contributed by atoms with Crippen LogP contribution in [0.5, 0.6) is 11.5 Å². The van der Waals surface area contributed by atoms with E-state index in [0.717, 1.165) is 48.0 Å². The maximum Gasteiger partial charge on any atom is 0.230 e. The Morgan fingerprint density at radius 3 is 2.83 bits per heavy atom. The van der Waals surface area contributed by atoms with E-state index in [9.17, 15) is 0 Å². The van der Waals surface area contributed by atoms with Crippen LogP contribution in [0.4, 0.5) is 0 Å². The van der Waals surface area contributed by atoms with Gasteiger partial charge in [-0.3, -0.25) is 4.90 Å². The molecule has 0 amide bonds. The van der Waals surface area contributed by atoms with Gasteiger partial charge in [-0.15, -0.1) is 0 Å². The van der Waals surface area contributed by atoms with Gasteiger partial charge in [-0.05, 0) is 63.1 Å². The molecule has 3 aromatic rings. The SMILES string of the molecule is CCOc1ccccc1-c1nc(CN2CCCC[C@H]2c2cccc(OC)c2)c(C)o1. The van der Waals surface area contributed by atoms with Crippen molar-refractivity contribution in [1.82, 2.24) is 9.88 Å². The van der Waals surface area contributed by atoms with Crippen LogP contribution >= 0.6 is 0 Å². The molecule has 0 bridgehead atoms. The third kappa shape index (κ3) is 4.36. The lowest BCUT2D eigenvalue weighted by Crippen LogP contribution is -2.33. The fourth-order valence-electron chi connectivity index (χ4n) is 4.21. The van der Waals surface area contributed by atoms with Crippen LogP contribution in [0.25, 0.3) is 11.5 Å². The number of methoxy groups -OCH3 is 1. The summed E-state index contributed by atoms with van der Waals surface area (Å²) in [7, 11) is 1.72. The quantitative estimate of drug-likeness (QED) is 0.497. The number of aryl methyl sites for hydroxylation is 1. The van der Waals surface area contributed by atoms with Crippen LogP contribution in [0, 0.1) is 6.92 Å². The molecule has 2 aromatic carbocycles. The van der Waals surface area contributed by atoms with Crippen molar-refractivity contribution in [1.29, 1.82) is 0 Å². The van der Waals surface area contributed by atoms with E-state index in [1.54, 1.807) is 7.11 Å². The molecule has 5 nitrogen and oxygen atoms in total. The fourth-order valence-corrected chi connectivity index (χ4v) is 4.21. The van der Waals surface area contributed by atoms with Gasteiger partial charge in [0.2, 0.25) is 5.89 Å². The third-order valence-corrected chi connectivity index (χ3v) is 5.76. The lowest BCUT2D eigenvalue weighted by molar-refractivity contribution is 0.138. The zero-order valence-electron chi connectivity index (χ0n) is 18.1. The lowest BCUT2D eigenvalue weighted by Gasteiger charge is -2.35. The summed E-state index contributed by atoms with van der Waals surface area (Å²) in [6, 6.07) is 16.7. The summed E-state index contributed by atoms with van der Waals surface area (Å²) in [5.74, 6) is 3.21. The molecule has 1 aromatic heterocycles. The molecule has 1 aliphatic rings. The molecule has 1 aliphatic heterocycles. The first-order valence-corrected chi connectivity index (χ1v) is 10.8. The fraction of sp³-hybridized carbons (Fsp3) is 0.400. The van der Waals surface area contributed by atoms with Gasteiger partial charge in [-0.1, -0.05) is 30.7 Å². The summed E-state index contributed by atoms with van der Waals surface area (Å²) in [4.78, 5) is 7.38. The van der Waals surface area contributed by atoms with Crippen LogP contribution in [0.2, 0.25) is 0 Å². The van der Waals surface area contributed by atoms with Gasteiger partial charge in [0.15, 0.2) is 0 Å². The Morgan fingerprint density at radius 2 is 2.00 bits per heavy atom. The van der Waals surface area contributed by atoms with E-state index in [1.165, 1.54) is 18.4 Å². The summed E-state index contributed by atoms with van der Waals surface area (Å²) < 4.78 is 17.3. The zero-order valence-corrected chi connectivity index (χ0v) is 18.1. The molecule has 0 radical (unpaired) electrons. The average molecular weight is 407 g/mol. The predicted octanol–water partition coefficient (Wildman–Crippen LogP) is 5.78. The molecule has 1 saturated heterocycles. The number of benzene rings is 2. The van der Waals surface area contributed by atoms with E-state index in [0.29, 0.717) is 18.5 Å². The molecule has 1 atom stereocenters. The molecule has 0 spiro atoms. The largest absolute Gasteiger partial charge is 0.497 e. The summed E-state index contributed by atoms with van der Waals surface area (Å²) in [5.41, 5.74) is 3.19. The van der Waals surface area contributed by atoms with Crippen molar-refractivity contribution in [2.45, 2.75) is 45.7 Å². The van der Waals surface area contributed by atoms with Crippen molar-refractivity contribution < 1.29 is 13.9 Å². The number of oxazole rings is 1. The molecule has 0 unspecified atom stereocenters. The summed E-state index contributed by atoms with van der Waals surface area (Å²) >= 11 is 0. The van der Waals surface area contributed by atoms with E-state index in [4.69, 9.17) is 18.9 Å². The van der Waals surface area contributed by atoms with Crippen molar-refractivity contribution in [3.8, 4) is 23.0 Å². The Bertz CT molecular complexity index is 982. The highest BCUT2D eigenvalue weighted by atomic mass is 16.5. The minimum absolute atomic E-state index is 0.365. The second-order valence-electron chi connectivity index (χ2n) is 7.71. The van der Waals surface area contributed by atoms with Crippen molar-refractivity contribution in [3.63, 3.8) is 0 Å². The van der Waals surface area contributed by atoms with Crippen LogP contribution in [0.3, 0.4) is 0 Å². The van der Waals surface area contributed by atoms with Crippen LogP contribution in [-0.2, 0) is 6.54 Å². The highest BCUT2D eigenvalue weighted by Crippen LogP contribution is 2.35. The number of hydrogen-bond donors (Lipinski definition) is 0. The lowest BCUT2D eigenvalue weighted by atomic mass is 9.95. The molecule has 2 heterocycles. The van der Waals surface area contributed by atoms with E-state index in [-0.39, 0.29) is 0 Å². The van der Waals surface area contributed by atoms with Crippen molar-refractivity contribution in [2.24, 2.45) is 0 Å². The molecule has 4 rings (SSSR count). The Labute approximate surface area is 178 Å². The van der Waals surface area contributed by atoms with Crippen LogP contribution in [0.1, 0.15) is 49.2 Å². The maximum absolute atomic E-state index is 6.07. The van der Waals surface area contributed by atoms with Crippen molar-refractivity contribution >= 4 is 0 Å². The Morgan fingerprint density at radius 1 is 1.13 bits per heavy atom. The standard InChI is InChI=1S/C25H30N2O3/c1-4-29-24-14-6-5-12-21(24)25-26-22(18(2)30-25)17-27-15-8-7-13-23(27)19-10-9-11-20(16-19)28-3/h5-6,9-12,14,16,23H,4,7-8,13,15,17H2,1-3H3/t23-/m0/s1. The van der Waals surface area contributed by atoms with Gasteiger partial charge < -0.3 is 13.9 Å². The first kappa shape index (κ1) is 20.5. The molecular formula is C25H30N2O3. The number of ether oxygens (including phenoxy) is 2. The van der Waals surface area contributed by atoms with E-state index in [2.05, 4.69) is 23.1 Å². The molecule has 30 heavy (non-hydrogen) atoms. The summed E-state index contributed by atoms with van der Waals surface area (Å²) in [6.07, 6.45) is 3.59. The number of hydrogen-bond acceptors (Lipinski definition) is 5. The maximum atomic E-state index is 6.07. The Hall–Kier alpha value is -2.79. The molecule has 1 fully saturated rings. The third-order valence-electron chi connectivity index (χ3n) is 5.76. The molecule has 0 N–H and O–H groups in total. The minimum Gasteiger partial charge on any atom is -0.497 e. The second-order valence-corrected chi connectivity index (χ2v) is 7.71. The van der Waals surface area contributed by atoms with Gasteiger partial charge >= 0.3 is 0 Å². The van der Waals surface area contributed by atoms with Gasteiger partial charge in [-0.2, -0.15) is 0 Å². The Balaban J connectivity index is 1.59. The molecular weight excluding hydrogens is 376 g/mol. The van der Waals surface area contributed by atoms with Gasteiger partial charge in [0.1, 0.15) is 17.3 Å². The normalized spacial score (nSPS) is 17.1. The van der Waals surface area contributed by atoms with Crippen molar-refractivity contribution in [2.75, 3.05) is 20.3 Å².